The van der Waals surface area contributed by atoms with Gasteiger partial charge in [0.05, 0.1) is 6.61 Å². The molecule has 0 bridgehead atoms. The molecule has 0 aliphatic carbocycles. The number of rotatable bonds is 4. The number of hydrogen-bond acceptors (Lipinski definition) is 4. The van der Waals surface area contributed by atoms with Crippen molar-refractivity contribution in [3.8, 4) is 0 Å². The molecule has 0 spiro atoms. The molecule has 1 aliphatic heterocycles. The van der Waals surface area contributed by atoms with Gasteiger partial charge in [0.15, 0.2) is 0 Å². The van der Waals surface area contributed by atoms with Crippen LogP contribution in [0.2, 0.25) is 1.41 Å². The van der Waals surface area contributed by atoms with Crippen LogP contribution in [0.4, 0.5) is 0 Å². The van der Waals surface area contributed by atoms with E-state index in [9.17, 15) is 4.79 Å². The lowest BCUT2D eigenvalue weighted by molar-refractivity contribution is -0.147. The largest absolute Gasteiger partial charge is 0.464 e. The van der Waals surface area contributed by atoms with Crippen LogP contribution in [0, 0.1) is 0 Å². The fourth-order valence-electron chi connectivity index (χ4n) is 1.45. The van der Waals surface area contributed by atoms with Crippen molar-refractivity contribution < 1.29 is 10.9 Å². The summed E-state index contributed by atoms with van der Waals surface area (Å²) < 4.78 is 12.8. The third-order valence-electron chi connectivity index (χ3n) is 2.36. The van der Waals surface area contributed by atoms with E-state index in [1.165, 1.54) is 5.31 Å². The predicted molar refractivity (Wildman–Crippen MR) is 55.1 cm³/mol. The highest BCUT2D eigenvalue weighted by Gasteiger charge is 2.28. The molecule has 14 heavy (non-hydrogen) atoms. The number of unbranched alkanes of at least 4 members (excludes halogenated alkanes) is 1. The Balaban J connectivity index is 2.41. The summed E-state index contributed by atoms with van der Waals surface area (Å²) in [4.78, 5) is 11.7. The van der Waals surface area contributed by atoms with Gasteiger partial charge in [0.1, 0.15) is 7.45 Å². The van der Waals surface area contributed by atoms with Gasteiger partial charge in [-0.1, -0.05) is 13.3 Å². The van der Waals surface area contributed by atoms with E-state index < -0.39 is 6.04 Å². The number of esters is 1. The standard InChI is InChI=1S/C10H20N2O2/c1-3-4-7-14-10(13)9-8(2)11-5-6-12-9/h8-9,11-12H,3-7H2,1-2H3/i/hD. The number of carbonyl (C=O) groups excluding carboxylic acids is 1. The van der Waals surface area contributed by atoms with Gasteiger partial charge in [-0.3, -0.25) is 4.79 Å². The van der Waals surface area contributed by atoms with E-state index in [-0.39, 0.29) is 12.0 Å². The Bertz CT molecular complexity index is 204. The highest BCUT2D eigenvalue weighted by atomic mass is 16.5. The van der Waals surface area contributed by atoms with Gasteiger partial charge in [0, 0.05) is 19.1 Å². The first-order valence-electron chi connectivity index (χ1n) is 5.77. The van der Waals surface area contributed by atoms with Gasteiger partial charge < -0.3 is 15.4 Å². The fraction of sp³-hybridized carbons (Fsp3) is 0.900. The normalized spacial score (nSPS) is 29.7. The van der Waals surface area contributed by atoms with Crippen molar-refractivity contribution in [1.29, 1.82) is 0 Å². The molecule has 1 fully saturated rings. The van der Waals surface area contributed by atoms with E-state index in [2.05, 4.69) is 12.2 Å². The molecule has 0 amide bonds. The molecule has 82 valence electrons. The van der Waals surface area contributed by atoms with Crippen molar-refractivity contribution in [2.75, 3.05) is 19.7 Å². The highest BCUT2D eigenvalue weighted by Crippen LogP contribution is 2.01. The number of carbonyl (C=O) groups is 1. The van der Waals surface area contributed by atoms with E-state index in [1.54, 1.807) is 0 Å². The van der Waals surface area contributed by atoms with Gasteiger partial charge in [-0.2, -0.15) is 0 Å². The third kappa shape index (κ3) is 3.27. The lowest BCUT2D eigenvalue weighted by Crippen LogP contribution is -2.58. The zero-order chi connectivity index (χ0) is 11.3. The Morgan fingerprint density at radius 1 is 1.64 bits per heavy atom. The summed E-state index contributed by atoms with van der Waals surface area (Å²) in [5.41, 5.74) is 0. The summed E-state index contributed by atoms with van der Waals surface area (Å²) in [6, 6.07) is -0.471. The van der Waals surface area contributed by atoms with Crippen LogP contribution in [0.25, 0.3) is 0 Å². The van der Waals surface area contributed by atoms with Crippen molar-refractivity contribution >= 4 is 5.97 Å². The summed E-state index contributed by atoms with van der Waals surface area (Å²) >= 11 is 0. The van der Waals surface area contributed by atoms with Crippen molar-refractivity contribution in [2.45, 2.75) is 38.8 Å². The van der Waals surface area contributed by atoms with Crippen LogP contribution in [0.15, 0.2) is 0 Å². The van der Waals surface area contributed by atoms with Gasteiger partial charge in [-0.25, -0.2) is 0 Å². The molecule has 0 radical (unpaired) electrons. The molecule has 1 rings (SSSR count). The zero-order valence-corrected chi connectivity index (χ0v) is 8.95. The maximum atomic E-state index is 11.7. The van der Waals surface area contributed by atoms with Gasteiger partial charge >= 0.3 is 5.97 Å². The van der Waals surface area contributed by atoms with Crippen LogP contribution in [0.5, 0.6) is 0 Å². The first-order chi connectivity index (χ1) is 7.16. The number of hydrogen-bond donors (Lipinski definition) is 2. The molecule has 0 aromatic carbocycles. The minimum atomic E-state index is -0.462. The highest BCUT2D eigenvalue weighted by molar-refractivity contribution is 5.76. The Morgan fingerprint density at radius 2 is 2.43 bits per heavy atom. The lowest BCUT2D eigenvalue weighted by atomic mass is 10.1. The van der Waals surface area contributed by atoms with Crippen molar-refractivity contribution in [3.63, 3.8) is 0 Å². The minimum absolute atomic E-state index is 0.00891. The summed E-state index contributed by atoms with van der Waals surface area (Å²) in [6.07, 6.45) is 1.90. The van der Waals surface area contributed by atoms with Gasteiger partial charge in [-0.05, 0) is 13.3 Å². The smallest absolute Gasteiger partial charge is 0.324 e. The van der Waals surface area contributed by atoms with Crippen LogP contribution >= 0.6 is 0 Å². The fourth-order valence-corrected chi connectivity index (χ4v) is 1.45. The van der Waals surface area contributed by atoms with Crippen LogP contribution < -0.4 is 10.6 Å². The summed E-state index contributed by atoms with van der Waals surface area (Å²) in [5, 5.41) is 4.49. The Morgan fingerprint density at radius 3 is 3.07 bits per heavy atom. The molecular weight excluding hydrogens is 180 g/mol. The Kier molecular flexibility index (Phi) is 4.24. The topological polar surface area (TPSA) is 50.4 Å². The molecular formula is C10H20N2O2. The van der Waals surface area contributed by atoms with Gasteiger partial charge in [-0.15, -0.1) is 0 Å². The third-order valence-corrected chi connectivity index (χ3v) is 2.36. The molecule has 0 aromatic heterocycles. The van der Waals surface area contributed by atoms with E-state index >= 15 is 0 Å². The predicted octanol–water partition coefficient (Wildman–Crippen LogP) is 0.280. The molecule has 1 saturated heterocycles. The lowest BCUT2D eigenvalue weighted by Gasteiger charge is -2.29. The molecule has 1 heterocycles. The summed E-state index contributed by atoms with van der Waals surface area (Å²) in [6.45, 7) is 5.75. The van der Waals surface area contributed by atoms with Crippen molar-refractivity contribution in [3.05, 3.63) is 0 Å². The zero-order valence-electron chi connectivity index (χ0n) is 9.95. The van der Waals surface area contributed by atoms with Crippen LogP contribution in [0.3, 0.4) is 0 Å². The maximum Gasteiger partial charge on any atom is 0.324 e. The first kappa shape index (κ1) is 9.93. The summed E-state index contributed by atoms with van der Waals surface area (Å²) in [5.74, 6) is -0.279. The van der Waals surface area contributed by atoms with E-state index in [1.807, 2.05) is 6.92 Å². The quantitative estimate of drug-likeness (QED) is 0.507. The van der Waals surface area contributed by atoms with Crippen molar-refractivity contribution in [1.82, 2.24) is 10.6 Å². The first-order valence-corrected chi connectivity index (χ1v) is 5.32. The van der Waals surface area contributed by atoms with E-state index in [4.69, 9.17) is 6.15 Å². The van der Waals surface area contributed by atoms with Crippen molar-refractivity contribution in [2.24, 2.45) is 0 Å². The maximum absolute atomic E-state index is 11.7. The average molecular weight is 201 g/mol. The number of piperazine rings is 1. The molecule has 1 aliphatic rings. The monoisotopic (exact) mass is 201 g/mol. The minimum Gasteiger partial charge on any atom is -0.464 e. The second kappa shape index (κ2) is 5.98. The summed E-state index contributed by atoms with van der Waals surface area (Å²) in [7, 11) is 0. The second-order valence-electron chi connectivity index (χ2n) is 3.61. The van der Waals surface area contributed by atoms with Crippen LogP contribution in [-0.2, 0) is 9.53 Å². The van der Waals surface area contributed by atoms with Gasteiger partial charge in [0.2, 0.25) is 0 Å². The molecule has 4 heteroatoms. The van der Waals surface area contributed by atoms with E-state index in [0.29, 0.717) is 13.2 Å². The molecule has 0 saturated carbocycles. The Labute approximate surface area is 86.9 Å². The molecule has 0 aromatic rings. The molecule has 2 atom stereocenters. The van der Waals surface area contributed by atoms with Crippen LogP contribution in [-0.4, -0.2) is 37.7 Å². The average Bonchev–Trinajstić information content (AvgIpc) is 2.18. The number of nitrogens with one attached hydrogen (secondary N) is 2. The SMILES string of the molecule is [2H]N1CCNC(C)C1C(=O)OCCCC. The Hall–Kier alpha value is -0.610. The molecule has 4 nitrogen and oxygen atoms in total. The van der Waals surface area contributed by atoms with Gasteiger partial charge in [0.25, 0.3) is 0 Å². The molecule has 2 N–H and O–H groups in total. The molecule has 2 unspecified atom stereocenters. The second-order valence-corrected chi connectivity index (χ2v) is 3.61. The number of ether oxygens (including phenoxy) is 1. The van der Waals surface area contributed by atoms with Crippen LogP contribution in [0.1, 0.15) is 26.7 Å². The van der Waals surface area contributed by atoms with E-state index in [0.717, 1.165) is 19.4 Å².